The van der Waals surface area contributed by atoms with Crippen LogP contribution in [0, 0.1) is 13.8 Å². The molecule has 0 spiro atoms. The second kappa shape index (κ2) is 5.45. The van der Waals surface area contributed by atoms with Crippen molar-refractivity contribution in [2.24, 2.45) is 0 Å². The van der Waals surface area contributed by atoms with Crippen LogP contribution in [0.1, 0.15) is 16.7 Å². The molecule has 20 heavy (non-hydrogen) atoms. The Labute approximate surface area is 117 Å². The smallest absolute Gasteiger partial charge is 0.417 e. The highest BCUT2D eigenvalue weighted by atomic mass is 31.1. The summed E-state index contributed by atoms with van der Waals surface area (Å²) in [4.78, 5) is 0. The summed E-state index contributed by atoms with van der Waals surface area (Å²) in [5, 5.41) is 10.6. The molecule has 0 aromatic heterocycles. The van der Waals surface area contributed by atoms with Gasteiger partial charge in [0.25, 0.3) is 0 Å². The van der Waals surface area contributed by atoms with E-state index >= 15 is 0 Å². The van der Waals surface area contributed by atoms with Gasteiger partial charge in [-0.15, -0.1) is 0 Å². The Morgan fingerprint density at radius 1 is 1.05 bits per heavy atom. The van der Waals surface area contributed by atoms with E-state index in [0.29, 0.717) is 10.9 Å². The van der Waals surface area contributed by atoms with E-state index in [2.05, 4.69) is 0 Å². The van der Waals surface area contributed by atoms with Gasteiger partial charge < -0.3 is 5.11 Å². The van der Waals surface area contributed by atoms with Crippen LogP contribution < -0.4 is 10.6 Å². The van der Waals surface area contributed by atoms with E-state index < -0.39 is 11.7 Å². The molecule has 2 aromatic carbocycles. The van der Waals surface area contributed by atoms with Gasteiger partial charge in [-0.25, -0.2) is 0 Å². The van der Waals surface area contributed by atoms with E-state index in [1.54, 1.807) is 25.1 Å². The molecule has 0 aliphatic rings. The van der Waals surface area contributed by atoms with E-state index in [9.17, 15) is 18.3 Å². The van der Waals surface area contributed by atoms with Crippen LogP contribution in [0.4, 0.5) is 13.2 Å². The number of aromatic hydroxyl groups is 1. The van der Waals surface area contributed by atoms with Crippen molar-refractivity contribution < 1.29 is 18.3 Å². The van der Waals surface area contributed by atoms with Crippen molar-refractivity contribution in [2.75, 3.05) is 0 Å². The first-order valence-corrected chi connectivity index (χ1v) is 7.02. The number of benzene rings is 2. The minimum Gasteiger partial charge on any atom is -0.507 e. The van der Waals surface area contributed by atoms with Crippen molar-refractivity contribution in [3.05, 3.63) is 53.1 Å². The summed E-state index contributed by atoms with van der Waals surface area (Å²) >= 11 is 0. The van der Waals surface area contributed by atoms with E-state index in [-0.39, 0.29) is 19.6 Å². The minimum atomic E-state index is -4.38. The van der Waals surface area contributed by atoms with Gasteiger partial charge in [0.05, 0.1) is 5.56 Å². The lowest BCUT2D eigenvalue weighted by Gasteiger charge is -2.16. The maximum atomic E-state index is 13.1. The first kappa shape index (κ1) is 14.9. The van der Waals surface area contributed by atoms with Crippen molar-refractivity contribution >= 4 is 19.2 Å². The van der Waals surface area contributed by atoms with E-state index in [4.69, 9.17) is 0 Å². The number of hydrogen-bond donors (Lipinski definition) is 1. The topological polar surface area (TPSA) is 20.2 Å². The van der Waals surface area contributed by atoms with E-state index in [1.165, 1.54) is 12.1 Å². The van der Waals surface area contributed by atoms with Crippen molar-refractivity contribution in [2.45, 2.75) is 20.0 Å². The van der Waals surface area contributed by atoms with Gasteiger partial charge in [0.1, 0.15) is 5.75 Å². The summed E-state index contributed by atoms with van der Waals surface area (Å²) in [5.41, 5.74) is 0.864. The molecule has 1 atom stereocenters. The largest absolute Gasteiger partial charge is 0.507 e. The molecule has 0 radical (unpaired) electrons. The van der Waals surface area contributed by atoms with Gasteiger partial charge in [-0.1, -0.05) is 32.3 Å². The van der Waals surface area contributed by atoms with Gasteiger partial charge in [0, 0.05) is 5.30 Å². The van der Waals surface area contributed by atoms with Crippen LogP contribution in [0.25, 0.3) is 0 Å². The maximum absolute atomic E-state index is 13.1. The number of aryl methyl sites for hydroxylation is 2. The quantitative estimate of drug-likeness (QED) is 0.839. The molecule has 0 heterocycles. The van der Waals surface area contributed by atoms with Crippen LogP contribution in [0.15, 0.2) is 36.4 Å². The molecule has 2 aromatic rings. The van der Waals surface area contributed by atoms with Crippen molar-refractivity contribution in [3.8, 4) is 5.75 Å². The highest BCUT2D eigenvalue weighted by Gasteiger charge is 2.33. The summed E-state index contributed by atoms with van der Waals surface area (Å²) in [7, 11) is -0.227. The zero-order valence-electron chi connectivity index (χ0n) is 11.0. The van der Waals surface area contributed by atoms with Crippen molar-refractivity contribution in [3.63, 3.8) is 0 Å². The summed E-state index contributed by atoms with van der Waals surface area (Å²) in [6.07, 6.45) is -4.38. The van der Waals surface area contributed by atoms with Crippen molar-refractivity contribution in [1.82, 2.24) is 0 Å². The molecule has 0 bridgehead atoms. The van der Waals surface area contributed by atoms with Crippen LogP contribution in [0.5, 0.6) is 5.75 Å². The standard InChI is InChI=1S/C15H14F3OP/c1-9-6-7-12(19)13(8-9)20-14-10(2)4-3-5-11(14)15(16,17)18/h3-8,19-20H,1-2H3. The first-order chi connectivity index (χ1) is 9.29. The Balaban J connectivity index is 2.51. The average molecular weight is 298 g/mol. The molecule has 0 amide bonds. The lowest BCUT2D eigenvalue weighted by molar-refractivity contribution is -0.136. The predicted octanol–water partition coefficient (Wildman–Crippen LogP) is 3.66. The zero-order valence-corrected chi connectivity index (χ0v) is 12.0. The molecule has 0 aliphatic heterocycles. The Morgan fingerprint density at radius 3 is 2.40 bits per heavy atom. The third kappa shape index (κ3) is 3.13. The number of hydrogen-bond acceptors (Lipinski definition) is 1. The van der Waals surface area contributed by atoms with Gasteiger partial charge in [-0.2, -0.15) is 13.2 Å². The summed E-state index contributed by atoms with van der Waals surface area (Å²) in [5.74, 6) is 0.0327. The monoisotopic (exact) mass is 298 g/mol. The Bertz CT molecular complexity index is 636. The van der Waals surface area contributed by atoms with Crippen LogP contribution in [-0.4, -0.2) is 5.11 Å². The molecule has 2 rings (SSSR count). The number of phenolic OH excluding ortho intramolecular Hbond substituents is 1. The molecular weight excluding hydrogens is 284 g/mol. The molecule has 0 aliphatic carbocycles. The van der Waals surface area contributed by atoms with Gasteiger partial charge >= 0.3 is 6.18 Å². The molecule has 1 N–H and O–H groups in total. The third-order valence-electron chi connectivity index (χ3n) is 2.99. The SMILES string of the molecule is Cc1ccc(O)c(Pc2c(C)cccc2C(F)(F)F)c1. The summed E-state index contributed by atoms with van der Waals surface area (Å²) in [6, 6.07) is 9.12. The van der Waals surface area contributed by atoms with Crippen LogP contribution in [-0.2, 0) is 6.18 Å². The van der Waals surface area contributed by atoms with Gasteiger partial charge in [-0.3, -0.25) is 0 Å². The molecular formula is C15H14F3OP. The number of rotatable bonds is 2. The highest BCUT2D eigenvalue weighted by molar-refractivity contribution is 7.56. The Morgan fingerprint density at radius 2 is 1.75 bits per heavy atom. The molecule has 0 saturated carbocycles. The molecule has 106 valence electrons. The van der Waals surface area contributed by atoms with Crippen LogP contribution in [0.3, 0.4) is 0 Å². The molecule has 1 nitrogen and oxygen atoms in total. The minimum absolute atomic E-state index is 0.0327. The lowest BCUT2D eigenvalue weighted by atomic mass is 10.1. The number of phenols is 1. The number of halogens is 3. The normalized spacial score (nSPS) is 12.2. The van der Waals surface area contributed by atoms with Crippen LogP contribution >= 0.6 is 8.58 Å². The predicted molar refractivity (Wildman–Crippen MR) is 76.6 cm³/mol. The fraction of sp³-hybridized carbons (Fsp3) is 0.200. The summed E-state index contributed by atoms with van der Waals surface area (Å²) < 4.78 is 39.2. The average Bonchev–Trinajstić information content (AvgIpc) is 2.35. The van der Waals surface area contributed by atoms with Crippen molar-refractivity contribution in [1.29, 1.82) is 0 Å². The van der Waals surface area contributed by atoms with E-state index in [0.717, 1.165) is 11.6 Å². The number of alkyl halides is 3. The second-order valence-electron chi connectivity index (χ2n) is 4.64. The highest BCUT2D eigenvalue weighted by Crippen LogP contribution is 2.33. The Hall–Kier alpha value is -1.54. The third-order valence-corrected chi connectivity index (χ3v) is 4.57. The molecule has 1 unspecified atom stereocenters. The fourth-order valence-corrected chi connectivity index (χ4v) is 3.38. The van der Waals surface area contributed by atoms with Crippen LogP contribution in [0.2, 0.25) is 0 Å². The maximum Gasteiger partial charge on any atom is 0.417 e. The van der Waals surface area contributed by atoms with Gasteiger partial charge in [0.15, 0.2) is 0 Å². The van der Waals surface area contributed by atoms with Gasteiger partial charge in [0.2, 0.25) is 0 Å². The zero-order chi connectivity index (χ0) is 14.9. The molecule has 0 saturated heterocycles. The first-order valence-electron chi connectivity index (χ1n) is 6.02. The second-order valence-corrected chi connectivity index (χ2v) is 5.93. The Kier molecular flexibility index (Phi) is 4.05. The fourth-order valence-electron chi connectivity index (χ4n) is 1.95. The molecule has 5 heteroatoms. The van der Waals surface area contributed by atoms with E-state index in [1.807, 2.05) is 6.92 Å². The van der Waals surface area contributed by atoms with Gasteiger partial charge in [-0.05, 0) is 42.9 Å². The molecule has 0 fully saturated rings. The summed E-state index contributed by atoms with van der Waals surface area (Å²) in [6.45, 7) is 3.50. The lowest BCUT2D eigenvalue weighted by Crippen LogP contribution is -2.20.